The Kier molecular flexibility index (Phi) is 4.93. The molecular formula is C19H17ClN6O. The van der Waals surface area contributed by atoms with E-state index in [-0.39, 0.29) is 17.6 Å². The monoisotopic (exact) mass is 380 g/mol. The van der Waals surface area contributed by atoms with Gasteiger partial charge in [0.05, 0.1) is 10.7 Å². The standard InChI is InChI=1S/C19H17ClN6O/c20-15-4-2-8-22-17(15)18(27)24-14-6-10-26(12-14)19-23-9-5-16(25-19)13-3-1-7-21-11-13/h1-5,7-9,11,14H,6,10,12H2,(H,24,27). The Morgan fingerprint density at radius 2 is 2.04 bits per heavy atom. The van der Waals surface area contributed by atoms with Gasteiger partial charge in [0.25, 0.3) is 5.91 Å². The van der Waals surface area contributed by atoms with E-state index < -0.39 is 0 Å². The fraction of sp³-hybridized carbons (Fsp3) is 0.211. The second kappa shape index (κ2) is 7.67. The van der Waals surface area contributed by atoms with Crippen molar-refractivity contribution in [3.8, 4) is 11.3 Å². The summed E-state index contributed by atoms with van der Waals surface area (Å²) in [6, 6.07) is 9.04. The second-order valence-corrected chi connectivity index (χ2v) is 6.63. The number of rotatable bonds is 4. The lowest BCUT2D eigenvalue weighted by Gasteiger charge is -2.17. The topological polar surface area (TPSA) is 83.9 Å². The van der Waals surface area contributed by atoms with Crippen LogP contribution >= 0.6 is 11.6 Å². The van der Waals surface area contributed by atoms with E-state index in [4.69, 9.17) is 11.6 Å². The molecule has 136 valence electrons. The Morgan fingerprint density at radius 3 is 2.85 bits per heavy atom. The van der Waals surface area contributed by atoms with E-state index in [2.05, 4.69) is 30.2 Å². The molecule has 3 aromatic heterocycles. The molecule has 8 heteroatoms. The zero-order chi connectivity index (χ0) is 18.6. The lowest BCUT2D eigenvalue weighted by Crippen LogP contribution is -2.37. The Morgan fingerprint density at radius 1 is 1.15 bits per heavy atom. The van der Waals surface area contributed by atoms with Gasteiger partial charge in [0.1, 0.15) is 5.69 Å². The molecule has 7 nitrogen and oxygen atoms in total. The number of pyridine rings is 2. The molecule has 0 saturated carbocycles. The highest BCUT2D eigenvalue weighted by atomic mass is 35.5. The minimum atomic E-state index is -0.266. The van der Waals surface area contributed by atoms with Crippen molar-refractivity contribution >= 4 is 23.5 Å². The first-order chi connectivity index (χ1) is 13.2. The van der Waals surface area contributed by atoms with Gasteiger partial charge in [-0.1, -0.05) is 11.6 Å². The summed E-state index contributed by atoms with van der Waals surface area (Å²) < 4.78 is 0. The van der Waals surface area contributed by atoms with Crippen LogP contribution in [0.5, 0.6) is 0 Å². The lowest BCUT2D eigenvalue weighted by atomic mass is 10.2. The van der Waals surface area contributed by atoms with Crippen LogP contribution in [0.4, 0.5) is 5.95 Å². The molecule has 3 aromatic rings. The summed E-state index contributed by atoms with van der Waals surface area (Å²) >= 11 is 6.05. The highest BCUT2D eigenvalue weighted by Gasteiger charge is 2.27. The van der Waals surface area contributed by atoms with E-state index in [9.17, 15) is 4.79 Å². The Bertz CT molecular complexity index is 952. The van der Waals surface area contributed by atoms with Crippen LogP contribution in [0.2, 0.25) is 5.02 Å². The molecule has 1 saturated heterocycles. The number of nitrogens with zero attached hydrogens (tertiary/aromatic N) is 5. The summed E-state index contributed by atoms with van der Waals surface area (Å²) in [6.07, 6.45) is 7.60. The first-order valence-electron chi connectivity index (χ1n) is 8.60. The maximum Gasteiger partial charge on any atom is 0.271 e. The van der Waals surface area contributed by atoms with Gasteiger partial charge >= 0.3 is 0 Å². The normalized spacial score (nSPS) is 16.3. The molecule has 1 aliphatic rings. The summed E-state index contributed by atoms with van der Waals surface area (Å²) in [6.45, 7) is 1.39. The molecule has 4 heterocycles. The fourth-order valence-electron chi connectivity index (χ4n) is 3.04. The van der Waals surface area contributed by atoms with E-state index in [1.165, 1.54) is 0 Å². The summed E-state index contributed by atoms with van der Waals surface area (Å²) in [4.78, 5) is 31.7. The van der Waals surface area contributed by atoms with Gasteiger partial charge in [-0.2, -0.15) is 0 Å². The van der Waals surface area contributed by atoms with E-state index in [1.54, 1.807) is 36.9 Å². The number of amides is 1. The van der Waals surface area contributed by atoms with Crippen molar-refractivity contribution in [1.29, 1.82) is 0 Å². The van der Waals surface area contributed by atoms with Crippen LogP contribution in [0.1, 0.15) is 16.9 Å². The predicted octanol–water partition coefficient (Wildman–Crippen LogP) is 2.60. The molecule has 0 radical (unpaired) electrons. The maximum absolute atomic E-state index is 12.4. The van der Waals surface area contributed by atoms with Gasteiger partial charge in [-0.15, -0.1) is 0 Å². The van der Waals surface area contributed by atoms with E-state index in [0.717, 1.165) is 24.2 Å². The molecule has 4 rings (SSSR count). The van der Waals surface area contributed by atoms with Crippen LogP contribution in [0.15, 0.2) is 55.1 Å². The van der Waals surface area contributed by atoms with Crippen LogP contribution < -0.4 is 10.2 Å². The number of halogens is 1. The molecule has 0 aliphatic carbocycles. The average Bonchev–Trinajstić information content (AvgIpc) is 3.17. The molecule has 1 aliphatic heterocycles. The van der Waals surface area contributed by atoms with Crippen molar-refractivity contribution in [2.75, 3.05) is 18.0 Å². The van der Waals surface area contributed by atoms with E-state index in [0.29, 0.717) is 17.5 Å². The molecule has 0 aromatic carbocycles. The number of carbonyl (C=O) groups is 1. The molecule has 1 fully saturated rings. The molecule has 1 amide bonds. The minimum Gasteiger partial charge on any atom is -0.346 e. The third-order valence-corrected chi connectivity index (χ3v) is 4.69. The first kappa shape index (κ1) is 17.4. The van der Waals surface area contributed by atoms with Crippen molar-refractivity contribution in [2.24, 2.45) is 0 Å². The van der Waals surface area contributed by atoms with Crippen molar-refractivity contribution in [3.63, 3.8) is 0 Å². The smallest absolute Gasteiger partial charge is 0.271 e. The summed E-state index contributed by atoms with van der Waals surface area (Å²) in [5, 5.41) is 3.33. The molecule has 0 spiro atoms. The van der Waals surface area contributed by atoms with Gasteiger partial charge in [0.2, 0.25) is 5.95 Å². The van der Waals surface area contributed by atoms with Crippen molar-refractivity contribution in [3.05, 3.63) is 65.8 Å². The molecule has 0 bridgehead atoms. The van der Waals surface area contributed by atoms with Crippen LogP contribution in [0.3, 0.4) is 0 Å². The summed E-state index contributed by atoms with van der Waals surface area (Å²) in [5.74, 6) is 0.376. The number of hydrogen-bond donors (Lipinski definition) is 1. The third kappa shape index (κ3) is 3.88. The molecular weight excluding hydrogens is 364 g/mol. The summed E-state index contributed by atoms with van der Waals surface area (Å²) in [7, 11) is 0. The average molecular weight is 381 g/mol. The number of anilines is 1. The summed E-state index contributed by atoms with van der Waals surface area (Å²) in [5.41, 5.74) is 2.00. The zero-order valence-corrected chi connectivity index (χ0v) is 15.2. The number of hydrogen-bond acceptors (Lipinski definition) is 6. The minimum absolute atomic E-state index is 0.0128. The molecule has 27 heavy (non-hydrogen) atoms. The number of aromatic nitrogens is 4. The van der Waals surface area contributed by atoms with E-state index in [1.807, 2.05) is 18.2 Å². The fourth-order valence-corrected chi connectivity index (χ4v) is 3.25. The van der Waals surface area contributed by atoms with Gasteiger partial charge in [-0.25, -0.2) is 15.0 Å². The number of carbonyl (C=O) groups excluding carboxylic acids is 1. The van der Waals surface area contributed by atoms with Gasteiger partial charge in [-0.3, -0.25) is 9.78 Å². The van der Waals surface area contributed by atoms with Crippen molar-refractivity contribution in [1.82, 2.24) is 25.3 Å². The Labute approximate surface area is 161 Å². The lowest BCUT2D eigenvalue weighted by molar-refractivity contribution is 0.0935. The number of nitrogens with one attached hydrogen (secondary N) is 1. The Hall–Kier alpha value is -3.06. The highest BCUT2D eigenvalue weighted by Crippen LogP contribution is 2.21. The van der Waals surface area contributed by atoms with Gasteiger partial charge in [0, 0.05) is 49.5 Å². The zero-order valence-electron chi connectivity index (χ0n) is 14.4. The molecule has 1 unspecified atom stereocenters. The Balaban J connectivity index is 1.44. The van der Waals surface area contributed by atoms with Gasteiger partial charge in [-0.05, 0) is 36.8 Å². The highest BCUT2D eigenvalue weighted by molar-refractivity contribution is 6.33. The predicted molar refractivity (Wildman–Crippen MR) is 103 cm³/mol. The molecule has 1 atom stereocenters. The van der Waals surface area contributed by atoms with Crippen LogP contribution in [0.25, 0.3) is 11.3 Å². The van der Waals surface area contributed by atoms with Crippen LogP contribution in [-0.2, 0) is 0 Å². The maximum atomic E-state index is 12.4. The SMILES string of the molecule is O=C(NC1CCN(c2nccc(-c3cccnc3)n2)C1)c1ncccc1Cl. The largest absolute Gasteiger partial charge is 0.346 e. The van der Waals surface area contributed by atoms with Crippen LogP contribution in [-0.4, -0.2) is 45.0 Å². The van der Waals surface area contributed by atoms with Gasteiger partial charge in [0.15, 0.2) is 0 Å². The van der Waals surface area contributed by atoms with E-state index >= 15 is 0 Å². The third-order valence-electron chi connectivity index (χ3n) is 4.38. The second-order valence-electron chi connectivity index (χ2n) is 6.22. The quantitative estimate of drug-likeness (QED) is 0.749. The van der Waals surface area contributed by atoms with Crippen LogP contribution in [0, 0.1) is 0 Å². The van der Waals surface area contributed by atoms with Crippen molar-refractivity contribution in [2.45, 2.75) is 12.5 Å². The van der Waals surface area contributed by atoms with Gasteiger partial charge < -0.3 is 10.2 Å². The first-order valence-corrected chi connectivity index (χ1v) is 8.98. The van der Waals surface area contributed by atoms with Crippen molar-refractivity contribution < 1.29 is 4.79 Å². The molecule has 1 N–H and O–H groups in total.